The molecule has 1 heterocycles. The number of esters is 1. The van der Waals surface area contributed by atoms with E-state index in [9.17, 15) is 9.59 Å². The van der Waals surface area contributed by atoms with Gasteiger partial charge in [0.25, 0.3) is 0 Å². The molecule has 1 aromatic heterocycles. The van der Waals surface area contributed by atoms with E-state index in [1.54, 1.807) is 12.4 Å². The number of nitrogens with one attached hydrogen (secondary N) is 2. The first-order valence-corrected chi connectivity index (χ1v) is 5.53. The molecule has 88 valence electrons. The molecule has 0 saturated carbocycles. The molecule has 0 atom stereocenters. The molecule has 0 saturated heterocycles. The molecule has 0 bridgehead atoms. The summed E-state index contributed by atoms with van der Waals surface area (Å²) >= 11 is 1.30. The monoisotopic (exact) mass is 243 g/mol. The summed E-state index contributed by atoms with van der Waals surface area (Å²) < 4.78 is 4.52. The van der Waals surface area contributed by atoms with Gasteiger partial charge in [0.05, 0.1) is 7.11 Å². The zero-order chi connectivity index (χ0) is 12.0. The van der Waals surface area contributed by atoms with Crippen LogP contribution in [0.15, 0.2) is 5.38 Å². The molecule has 2 N–H and O–H groups in total. The summed E-state index contributed by atoms with van der Waals surface area (Å²) in [7, 11) is 2.89. The Morgan fingerprint density at radius 1 is 1.56 bits per heavy atom. The number of aromatic nitrogens is 1. The summed E-state index contributed by atoms with van der Waals surface area (Å²) in [6.45, 7) is 0.480. The standard InChI is InChI=1S/C9H13N3O3S/c1-10-7(13)3-4-11-9-12-6(5-16-9)8(14)15-2/h5H,3-4H2,1-2H3,(H,10,13)(H,11,12). The van der Waals surface area contributed by atoms with Crippen molar-refractivity contribution < 1.29 is 14.3 Å². The van der Waals surface area contributed by atoms with Crippen molar-refractivity contribution in [3.63, 3.8) is 0 Å². The van der Waals surface area contributed by atoms with E-state index in [0.29, 0.717) is 18.1 Å². The third-order valence-corrected chi connectivity index (χ3v) is 2.61. The van der Waals surface area contributed by atoms with E-state index in [2.05, 4.69) is 20.4 Å². The molecule has 0 aliphatic carbocycles. The van der Waals surface area contributed by atoms with E-state index in [1.807, 2.05) is 0 Å². The van der Waals surface area contributed by atoms with Gasteiger partial charge in [0, 0.05) is 25.4 Å². The first-order valence-electron chi connectivity index (χ1n) is 4.65. The Kier molecular flexibility index (Phi) is 4.71. The summed E-state index contributed by atoms with van der Waals surface area (Å²) in [4.78, 5) is 26.0. The van der Waals surface area contributed by atoms with Crippen molar-refractivity contribution in [3.8, 4) is 0 Å². The van der Waals surface area contributed by atoms with Gasteiger partial charge in [-0.1, -0.05) is 0 Å². The first-order chi connectivity index (χ1) is 7.67. The summed E-state index contributed by atoms with van der Waals surface area (Å²) in [5.74, 6) is -0.507. The van der Waals surface area contributed by atoms with Crippen LogP contribution in [0.25, 0.3) is 0 Å². The van der Waals surface area contributed by atoms with Crippen LogP contribution >= 0.6 is 11.3 Å². The predicted octanol–water partition coefficient (Wildman–Crippen LogP) is 0.478. The third kappa shape index (κ3) is 3.50. The van der Waals surface area contributed by atoms with Crippen molar-refractivity contribution >= 4 is 28.3 Å². The Morgan fingerprint density at radius 2 is 2.31 bits per heavy atom. The summed E-state index contributed by atoms with van der Waals surface area (Å²) in [6, 6.07) is 0. The minimum Gasteiger partial charge on any atom is -0.464 e. The lowest BCUT2D eigenvalue weighted by molar-refractivity contribution is -0.120. The second kappa shape index (κ2) is 6.06. The highest BCUT2D eigenvalue weighted by molar-refractivity contribution is 7.13. The Labute approximate surface area is 97.0 Å². The van der Waals surface area contributed by atoms with Crippen LogP contribution in [0.2, 0.25) is 0 Å². The summed E-state index contributed by atoms with van der Waals surface area (Å²) in [5.41, 5.74) is 0.273. The smallest absolute Gasteiger partial charge is 0.357 e. The van der Waals surface area contributed by atoms with Crippen LogP contribution in [-0.4, -0.2) is 37.6 Å². The van der Waals surface area contributed by atoms with Gasteiger partial charge in [-0.25, -0.2) is 9.78 Å². The van der Waals surface area contributed by atoms with Crippen molar-refractivity contribution in [1.29, 1.82) is 0 Å². The third-order valence-electron chi connectivity index (χ3n) is 1.81. The van der Waals surface area contributed by atoms with E-state index in [0.717, 1.165) is 0 Å². The largest absolute Gasteiger partial charge is 0.464 e. The van der Waals surface area contributed by atoms with Crippen LogP contribution < -0.4 is 10.6 Å². The Morgan fingerprint density at radius 3 is 2.94 bits per heavy atom. The predicted molar refractivity (Wildman–Crippen MR) is 60.6 cm³/mol. The number of carbonyl (C=O) groups excluding carboxylic acids is 2. The number of rotatable bonds is 5. The molecular weight excluding hydrogens is 230 g/mol. The van der Waals surface area contributed by atoms with Crippen molar-refractivity contribution in [2.45, 2.75) is 6.42 Å². The lowest BCUT2D eigenvalue weighted by Crippen LogP contribution is -2.20. The molecule has 7 heteroatoms. The molecular formula is C9H13N3O3S. The number of ether oxygens (including phenoxy) is 1. The van der Waals surface area contributed by atoms with E-state index in [4.69, 9.17) is 0 Å². The molecule has 0 aromatic carbocycles. The van der Waals surface area contributed by atoms with Gasteiger partial charge in [0.1, 0.15) is 0 Å². The fourth-order valence-corrected chi connectivity index (χ4v) is 1.67. The van der Waals surface area contributed by atoms with Crippen molar-refractivity contribution in [2.75, 3.05) is 26.0 Å². The maximum Gasteiger partial charge on any atom is 0.357 e. The number of nitrogens with zero attached hydrogens (tertiary/aromatic N) is 1. The summed E-state index contributed by atoms with van der Waals surface area (Å²) in [5, 5.41) is 7.67. The number of carbonyl (C=O) groups is 2. The van der Waals surface area contributed by atoms with Crippen LogP contribution in [-0.2, 0) is 9.53 Å². The zero-order valence-corrected chi connectivity index (χ0v) is 9.89. The summed E-state index contributed by atoms with van der Waals surface area (Å²) in [6.07, 6.45) is 0.365. The molecule has 0 aliphatic rings. The fourth-order valence-electron chi connectivity index (χ4n) is 0.961. The van der Waals surface area contributed by atoms with Crippen LogP contribution in [0, 0.1) is 0 Å². The van der Waals surface area contributed by atoms with Gasteiger partial charge in [-0.3, -0.25) is 4.79 Å². The van der Waals surface area contributed by atoms with Crippen LogP contribution in [0.1, 0.15) is 16.9 Å². The SMILES string of the molecule is CNC(=O)CCNc1nc(C(=O)OC)cs1. The number of thiazole rings is 1. The number of methoxy groups -OCH3 is 1. The molecule has 1 amide bonds. The maximum atomic E-state index is 11.1. The molecule has 0 fully saturated rings. The average molecular weight is 243 g/mol. The molecule has 1 aromatic rings. The highest BCUT2D eigenvalue weighted by atomic mass is 32.1. The Hall–Kier alpha value is -1.63. The molecule has 0 radical (unpaired) electrons. The Bertz CT molecular complexity index is 378. The lowest BCUT2D eigenvalue weighted by Gasteiger charge is -2.00. The van der Waals surface area contributed by atoms with Crippen LogP contribution in [0.3, 0.4) is 0 Å². The highest BCUT2D eigenvalue weighted by Gasteiger charge is 2.10. The quantitative estimate of drug-likeness (QED) is 0.735. The van der Waals surface area contributed by atoms with E-state index < -0.39 is 5.97 Å². The van der Waals surface area contributed by atoms with E-state index >= 15 is 0 Å². The van der Waals surface area contributed by atoms with Crippen LogP contribution in [0.5, 0.6) is 0 Å². The van der Waals surface area contributed by atoms with Gasteiger partial charge in [-0.2, -0.15) is 0 Å². The van der Waals surface area contributed by atoms with Gasteiger partial charge in [0.15, 0.2) is 10.8 Å². The van der Waals surface area contributed by atoms with Gasteiger partial charge < -0.3 is 15.4 Å². The molecule has 0 spiro atoms. The molecule has 0 aliphatic heterocycles. The van der Waals surface area contributed by atoms with E-state index in [-0.39, 0.29) is 11.6 Å². The lowest BCUT2D eigenvalue weighted by atomic mass is 10.4. The minimum absolute atomic E-state index is 0.0442. The second-order valence-corrected chi connectivity index (χ2v) is 3.74. The van der Waals surface area contributed by atoms with Gasteiger partial charge >= 0.3 is 5.97 Å². The molecule has 6 nitrogen and oxygen atoms in total. The number of hydrogen-bond acceptors (Lipinski definition) is 6. The number of anilines is 1. The minimum atomic E-state index is -0.462. The number of hydrogen-bond donors (Lipinski definition) is 2. The van der Waals surface area contributed by atoms with Crippen molar-refractivity contribution in [3.05, 3.63) is 11.1 Å². The fraction of sp³-hybridized carbons (Fsp3) is 0.444. The first kappa shape index (κ1) is 12.4. The molecule has 1 rings (SSSR count). The van der Waals surface area contributed by atoms with Crippen LogP contribution in [0.4, 0.5) is 5.13 Å². The van der Waals surface area contributed by atoms with Gasteiger partial charge in [-0.05, 0) is 0 Å². The highest BCUT2D eigenvalue weighted by Crippen LogP contribution is 2.15. The molecule has 0 unspecified atom stereocenters. The average Bonchev–Trinajstić information content (AvgIpc) is 2.76. The van der Waals surface area contributed by atoms with Gasteiger partial charge in [-0.15, -0.1) is 11.3 Å². The van der Waals surface area contributed by atoms with Crippen molar-refractivity contribution in [1.82, 2.24) is 10.3 Å². The van der Waals surface area contributed by atoms with Gasteiger partial charge in [0.2, 0.25) is 5.91 Å². The molecule has 16 heavy (non-hydrogen) atoms. The zero-order valence-electron chi connectivity index (χ0n) is 9.07. The topological polar surface area (TPSA) is 80.3 Å². The maximum absolute atomic E-state index is 11.1. The number of amides is 1. The normalized spacial score (nSPS) is 9.62. The second-order valence-electron chi connectivity index (χ2n) is 2.88. The van der Waals surface area contributed by atoms with E-state index in [1.165, 1.54) is 18.4 Å². The van der Waals surface area contributed by atoms with Crippen molar-refractivity contribution in [2.24, 2.45) is 0 Å². The Balaban J connectivity index is 2.41.